The molecule has 0 aliphatic heterocycles. The van der Waals surface area contributed by atoms with Crippen molar-refractivity contribution >= 4 is 35.8 Å². The average Bonchev–Trinajstić information content (AvgIpc) is 2.39. The molecule has 1 saturated carbocycles. The second-order valence-electron chi connectivity index (χ2n) is 5.73. The van der Waals surface area contributed by atoms with Crippen molar-refractivity contribution in [1.29, 1.82) is 0 Å². The quantitative estimate of drug-likeness (QED) is 0.473. The largest absolute Gasteiger partial charge is 0.378 e. The van der Waals surface area contributed by atoms with E-state index in [1.165, 1.54) is 0 Å². The summed E-state index contributed by atoms with van der Waals surface area (Å²) in [6.45, 7) is 6.42. The number of hydrogen-bond acceptors (Lipinski definition) is 3. The van der Waals surface area contributed by atoms with Gasteiger partial charge in [0.25, 0.3) is 0 Å². The molecule has 112 valence electrons. The number of hydrogen-bond donors (Lipinski definition) is 2. The molecule has 0 bridgehead atoms. The maximum Gasteiger partial charge on any atom is 0.194 e. The van der Waals surface area contributed by atoms with Crippen LogP contribution in [0.3, 0.4) is 0 Å². The number of nitrogens with zero attached hydrogens (tertiary/aromatic N) is 2. The Kier molecular flexibility index (Phi) is 5.37. The summed E-state index contributed by atoms with van der Waals surface area (Å²) in [6.07, 6.45) is 2.59. The molecule has 0 radical (unpaired) electrons. The lowest BCUT2D eigenvalue weighted by Crippen LogP contribution is -2.62. The first kappa shape index (κ1) is 17.2. The fourth-order valence-corrected chi connectivity index (χ4v) is 2.43. The molecule has 1 aromatic rings. The summed E-state index contributed by atoms with van der Waals surface area (Å²) in [7, 11) is 1.75. The number of nitrogens with two attached hydrogens (primary N) is 1. The minimum Gasteiger partial charge on any atom is -0.378 e. The topological polar surface area (TPSA) is 72.5 Å². The van der Waals surface area contributed by atoms with E-state index in [4.69, 9.17) is 10.5 Å². The Morgan fingerprint density at radius 2 is 2.15 bits per heavy atom. The lowest BCUT2D eigenvalue weighted by molar-refractivity contribution is -0.171. The van der Waals surface area contributed by atoms with Gasteiger partial charge in [0.05, 0.1) is 11.6 Å². The second kappa shape index (κ2) is 6.26. The van der Waals surface area contributed by atoms with Crippen molar-refractivity contribution in [2.45, 2.75) is 38.8 Å². The average molecular weight is 390 g/mol. The highest BCUT2D eigenvalue weighted by Crippen LogP contribution is 2.53. The number of methoxy groups -OCH3 is 1. The lowest BCUT2D eigenvalue weighted by atomic mass is 9.56. The van der Waals surface area contributed by atoms with Gasteiger partial charge in [-0.2, -0.15) is 0 Å². The van der Waals surface area contributed by atoms with E-state index >= 15 is 0 Å². The van der Waals surface area contributed by atoms with Crippen molar-refractivity contribution < 1.29 is 4.74 Å². The van der Waals surface area contributed by atoms with E-state index in [1.807, 2.05) is 18.2 Å². The molecule has 1 aromatic heterocycles. The van der Waals surface area contributed by atoms with Crippen LogP contribution in [0.1, 0.15) is 27.2 Å². The molecule has 1 aliphatic carbocycles. The third kappa shape index (κ3) is 3.06. The van der Waals surface area contributed by atoms with Crippen LogP contribution in [0.25, 0.3) is 0 Å². The van der Waals surface area contributed by atoms with E-state index in [1.54, 1.807) is 13.3 Å². The van der Waals surface area contributed by atoms with Crippen LogP contribution in [-0.2, 0) is 4.74 Å². The number of anilines is 1. The lowest BCUT2D eigenvalue weighted by Gasteiger charge is -2.57. The molecule has 1 heterocycles. The number of guanidine groups is 1. The molecule has 2 atom stereocenters. The first-order valence-corrected chi connectivity index (χ1v) is 6.45. The first-order valence-electron chi connectivity index (χ1n) is 6.45. The molecule has 20 heavy (non-hydrogen) atoms. The Morgan fingerprint density at radius 1 is 1.45 bits per heavy atom. The molecule has 1 fully saturated rings. The van der Waals surface area contributed by atoms with Gasteiger partial charge in [-0.3, -0.25) is 0 Å². The van der Waals surface area contributed by atoms with E-state index in [2.05, 4.69) is 36.1 Å². The Balaban J connectivity index is 0.00000200. The number of ether oxygens (including phenoxy) is 1. The third-order valence-corrected chi connectivity index (χ3v) is 4.45. The zero-order valence-corrected chi connectivity index (χ0v) is 14.7. The Morgan fingerprint density at radius 3 is 2.65 bits per heavy atom. The number of pyridine rings is 1. The number of nitrogens with one attached hydrogen (secondary N) is 1. The highest BCUT2D eigenvalue weighted by molar-refractivity contribution is 14.0. The first-order chi connectivity index (χ1) is 8.89. The molecule has 0 saturated heterocycles. The fourth-order valence-electron chi connectivity index (χ4n) is 2.43. The molecule has 2 rings (SSSR count). The van der Waals surface area contributed by atoms with Crippen molar-refractivity contribution in [2.75, 3.05) is 12.4 Å². The van der Waals surface area contributed by atoms with Gasteiger partial charge < -0.3 is 15.8 Å². The van der Waals surface area contributed by atoms with Gasteiger partial charge in [0, 0.05) is 18.7 Å². The summed E-state index contributed by atoms with van der Waals surface area (Å²) in [6, 6.07) is 5.77. The molecule has 0 aromatic carbocycles. The van der Waals surface area contributed by atoms with Crippen LogP contribution in [0.15, 0.2) is 29.4 Å². The molecule has 3 N–H and O–H groups in total. The molecule has 6 heteroatoms. The molecule has 5 nitrogen and oxygen atoms in total. The van der Waals surface area contributed by atoms with Gasteiger partial charge in [-0.15, -0.1) is 24.0 Å². The smallest absolute Gasteiger partial charge is 0.194 e. The Bertz CT molecular complexity index is 477. The van der Waals surface area contributed by atoms with Gasteiger partial charge in [0.1, 0.15) is 5.82 Å². The van der Waals surface area contributed by atoms with E-state index in [0.29, 0.717) is 11.8 Å². The Labute approximate surface area is 137 Å². The molecule has 2 unspecified atom stereocenters. The highest BCUT2D eigenvalue weighted by Gasteiger charge is 2.58. The maximum absolute atomic E-state index is 5.93. The van der Waals surface area contributed by atoms with Crippen molar-refractivity contribution in [1.82, 2.24) is 4.98 Å². The standard InChI is InChI=1S/C14H22N4O.HI/c1-13(2)10(9-14(13,3)19-4)17-12(15)18-11-7-5-6-8-16-11;/h5-8,10H,9H2,1-4H3,(H3,15,16,17,18);1H. The number of halogens is 1. The molecule has 1 aliphatic rings. The molecular weight excluding hydrogens is 367 g/mol. The minimum absolute atomic E-state index is 0. The third-order valence-electron chi connectivity index (χ3n) is 4.45. The van der Waals surface area contributed by atoms with Crippen LogP contribution in [0, 0.1) is 5.41 Å². The van der Waals surface area contributed by atoms with E-state index in [0.717, 1.165) is 6.42 Å². The van der Waals surface area contributed by atoms with Crippen LogP contribution in [-0.4, -0.2) is 29.7 Å². The van der Waals surface area contributed by atoms with Gasteiger partial charge in [0.15, 0.2) is 5.96 Å². The van der Waals surface area contributed by atoms with Crippen LogP contribution < -0.4 is 11.1 Å². The van der Waals surface area contributed by atoms with Crippen LogP contribution in [0.5, 0.6) is 0 Å². The SMILES string of the molecule is COC1(C)CC(N=C(N)Nc2ccccn2)C1(C)C.I. The van der Waals surface area contributed by atoms with E-state index < -0.39 is 0 Å². The fraction of sp³-hybridized carbons (Fsp3) is 0.571. The van der Waals surface area contributed by atoms with Crippen LogP contribution in [0.2, 0.25) is 0 Å². The summed E-state index contributed by atoms with van der Waals surface area (Å²) in [5.41, 5.74) is 5.76. The normalized spacial score (nSPS) is 28.2. The predicted molar refractivity (Wildman–Crippen MR) is 92.5 cm³/mol. The number of aliphatic imine (C=N–C) groups is 1. The maximum atomic E-state index is 5.93. The molecular formula is C14H23IN4O. The number of rotatable bonds is 3. The summed E-state index contributed by atoms with van der Waals surface area (Å²) >= 11 is 0. The minimum atomic E-state index is -0.132. The summed E-state index contributed by atoms with van der Waals surface area (Å²) < 4.78 is 5.58. The molecule has 0 amide bonds. The predicted octanol–water partition coefficient (Wildman–Crippen LogP) is 2.63. The second-order valence-corrected chi connectivity index (χ2v) is 5.73. The van der Waals surface area contributed by atoms with Gasteiger partial charge in [0.2, 0.25) is 0 Å². The van der Waals surface area contributed by atoms with E-state index in [9.17, 15) is 0 Å². The van der Waals surface area contributed by atoms with Gasteiger partial charge in [-0.05, 0) is 25.5 Å². The summed E-state index contributed by atoms with van der Waals surface area (Å²) in [5.74, 6) is 1.10. The highest BCUT2D eigenvalue weighted by atomic mass is 127. The number of aromatic nitrogens is 1. The summed E-state index contributed by atoms with van der Waals surface area (Å²) in [4.78, 5) is 8.69. The van der Waals surface area contributed by atoms with Gasteiger partial charge >= 0.3 is 0 Å². The zero-order chi connectivity index (χ0) is 14.1. The summed E-state index contributed by atoms with van der Waals surface area (Å²) in [5, 5.41) is 3.00. The monoisotopic (exact) mass is 390 g/mol. The van der Waals surface area contributed by atoms with Crippen LogP contribution >= 0.6 is 24.0 Å². The van der Waals surface area contributed by atoms with Crippen molar-refractivity contribution in [3.05, 3.63) is 24.4 Å². The Hall–Kier alpha value is -0.890. The van der Waals surface area contributed by atoms with E-state index in [-0.39, 0.29) is 41.0 Å². The van der Waals surface area contributed by atoms with Crippen molar-refractivity contribution in [3.63, 3.8) is 0 Å². The van der Waals surface area contributed by atoms with Crippen molar-refractivity contribution in [3.8, 4) is 0 Å². The van der Waals surface area contributed by atoms with Crippen LogP contribution in [0.4, 0.5) is 5.82 Å². The van der Waals surface area contributed by atoms with Crippen molar-refractivity contribution in [2.24, 2.45) is 16.1 Å². The van der Waals surface area contributed by atoms with Gasteiger partial charge in [-0.1, -0.05) is 19.9 Å². The molecule has 0 spiro atoms. The zero-order valence-electron chi connectivity index (χ0n) is 12.4. The van der Waals surface area contributed by atoms with Gasteiger partial charge in [-0.25, -0.2) is 9.98 Å².